The lowest BCUT2D eigenvalue weighted by Crippen LogP contribution is -1.91. The van der Waals surface area contributed by atoms with Gasteiger partial charge in [0.2, 0.25) is 0 Å². The molecule has 5 nitrogen and oxygen atoms in total. The number of fused-ring (bicyclic) bond motifs is 2. The van der Waals surface area contributed by atoms with Crippen molar-refractivity contribution in [3.8, 4) is 22.9 Å². The Morgan fingerprint density at radius 1 is 0.957 bits per heavy atom. The predicted octanol–water partition coefficient (Wildman–Crippen LogP) is 3.80. The summed E-state index contributed by atoms with van der Waals surface area (Å²) in [6.45, 7) is 0. The highest BCUT2D eigenvalue weighted by Crippen LogP contribution is 2.37. The van der Waals surface area contributed by atoms with Crippen LogP contribution in [-0.4, -0.2) is 29.2 Å². The van der Waals surface area contributed by atoms with Crippen LogP contribution in [0.25, 0.3) is 33.3 Å². The van der Waals surface area contributed by atoms with E-state index >= 15 is 0 Å². The van der Waals surface area contributed by atoms with Crippen molar-refractivity contribution in [1.82, 2.24) is 15.0 Å². The Morgan fingerprint density at radius 2 is 1.83 bits per heavy atom. The first-order valence-corrected chi connectivity index (χ1v) is 7.26. The highest BCUT2D eigenvalue weighted by Gasteiger charge is 2.13. The quantitative estimate of drug-likeness (QED) is 0.625. The van der Waals surface area contributed by atoms with E-state index < -0.39 is 0 Å². The average molecular weight is 305 g/mol. The number of nitrogens with zero attached hydrogens (tertiary/aromatic N) is 2. The van der Waals surface area contributed by atoms with Crippen LogP contribution in [0.2, 0.25) is 0 Å². The molecule has 2 aromatic heterocycles. The number of hydrogen-bond acceptors (Lipinski definition) is 4. The molecule has 0 aliphatic heterocycles. The van der Waals surface area contributed by atoms with Crippen molar-refractivity contribution in [1.29, 1.82) is 0 Å². The van der Waals surface area contributed by atoms with E-state index in [1.165, 1.54) is 0 Å². The fourth-order valence-electron chi connectivity index (χ4n) is 2.80. The fourth-order valence-corrected chi connectivity index (χ4v) is 2.80. The molecule has 0 fully saturated rings. The van der Waals surface area contributed by atoms with Gasteiger partial charge in [-0.1, -0.05) is 12.1 Å². The molecule has 0 atom stereocenters. The molecule has 2 heterocycles. The second-order valence-electron chi connectivity index (χ2n) is 5.20. The summed E-state index contributed by atoms with van der Waals surface area (Å²) in [5.41, 5.74) is 2.56. The summed E-state index contributed by atoms with van der Waals surface area (Å²) >= 11 is 0. The van der Waals surface area contributed by atoms with Gasteiger partial charge in [0.1, 0.15) is 17.3 Å². The summed E-state index contributed by atoms with van der Waals surface area (Å²) in [7, 11) is 3.32. The first kappa shape index (κ1) is 13.6. The molecule has 0 saturated heterocycles. The third-order valence-electron chi connectivity index (χ3n) is 3.87. The fraction of sp³-hybridized carbons (Fsp3) is 0.111. The van der Waals surface area contributed by atoms with Gasteiger partial charge in [0, 0.05) is 11.8 Å². The number of aromatic amines is 1. The van der Waals surface area contributed by atoms with Gasteiger partial charge in [-0.3, -0.25) is 0 Å². The monoisotopic (exact) mass is 305 g/mol. The standard InChI is InChI=1S/C18H15N3O2/c1-22-14-7-3-5-11-9-12(10-15(23-2)16(11)14)17-20-13-6-4-8-19-18(13)21-17/h3-10H,1-2H3,(H,19,20,21). The Kier molecular flexibility index (Phi) is 3.12. The number of imidazole rings is 1. The number of pyridine rings is 1. The number of benzene rings is 2. The number of rotatable bonds is 3. The number of nitrogens with one attached hydrogen (secondary N) is 1. The lowest BCUT2D eigenvalue weighted by atomic mass is 10.0. The van der Waals surface area contributed by atoms with Crippen molar-refractivity contribution in [2.75, 3.05) is 14.2 Å². The Hall–Kier alpha value is -3.08. The number of H-pyrrole nitrogens is 1. The highest BCUT2D eigenvalue weighted by atomic mass is 16.5. The Morgan fingerprint density at radius 3 is 2.61 bits per heavy atom. The van der Waals surface area contributed by atoms with Crippen LogP contribution in [0.5, 0.6) is 11.5 Å². The molecule has 0 aliphatic rings. The molecule has 114 valence electrons. The van der Waals surface area contributed by atoms with E-state index in [0.29, 0.717) is 5.65 Å². The molecule has 2 aromatic carbocycles. The van der Waals surface area contributed by atoms with Crippen molar-refractivity contribution in [2.45, 2.75) is 0 Å². The van der Waals surface area contributed by atoms with Gasteiger partial charge >= 0.3 is 0 Å². The molecule has 0 bridgehead atoms. The summed E-state index contributed by atoms with van der Waals surface area (Å²) in [5, 5.41) is 1.99. The summed E-state index contributed by atoms with van der Waals surface area (Å²) in [6, 6.07) is 13.8. The third-order valence-corrected chi connectivity index (χ3v) is 3.87. The predicted molar refractivity (Wildman–Crippen MR) is 89.9 cm³/mol. The lowest BCUT2D eigenvalue weighted by molar-refractivity contribution is 0.405. The van der Waals surface area contributed by atoms with Crippen LogP contribution in [0, 0.1) is 0 Å². The minimum Gasteiger partial charge on any atom is -0.496 e. The first-order valence-electron chi connectivity index (χ1n) is 7.26. The number of ether oxygens (including phenoxy) is 2. The van der Waals surface area contributed by atoms with Crippen molar-refractivity contribution in [3.63, 3.8) is 0 Å². The van der Waals surface area contributed by atoms with E-state index in [1.54, 1.807) is 20.4 Å². The van der Waals surface area contributed by atoms with Crippen LogP contribution in [0.3, 0.4) is 0 Å². The summed E-state index contributed by atoms with van der Waals surface area (Å²) in [5.74, 6) is 2.31. The maximum absolute atomic E-state index is 5.57. The third kappa shape index (κ3) is 2.17. The zero-order valence-corrected chi connectivity index (χ0v) is 12.8. The van der Waals surface area contributed by atoms with Crippen LogP contribution in [-0.2, 0) is 0 Å². The van der Waals surface area contributed by atoms with Gasteiger partial charge in [0.15, 0.2) is 5.65 Å². The van der Waals surface area contributed by atoms with Crippen LogP contribution in [0.15, 0.2) is 48.7 Å². The van der Waals surface area contributed by atoms with Gasteiger partial charge in [-0.15, -0.1) is 0 Å². The van der Waals surface area contributed by atoms with Crippen molar-refractivity contribution in [2.24, 2.45) is 0 Å². The van der Waals surface area contributed by atoms with Gasteiger partial charge in [-0.05, 0) is 35.7 Å². The van der Waals surface area contributed by atoms with E-state index in [4.69, 9.17) is 9.47 Å². The zero-order chi connectivity index (χ0) is 15.8. The first-order chi connectivity index (χ1) is 11.3. The molecule has 4 rings (SSSR count). The topological polar surface area (TPSA) is 60.0 Å². The van der Waals surface area contributed by atoms with E-state index in [-0.39, 0.29) is 0 Å². The van der Waals surface area contributed by atoms with Crippen molar-refractivity contribution in [3.05, 3.63) is 48.7 Å². The zero-order valence-electron chi connectivity index (χ0n) is 12.8. The molecule has 0 amide bonds. The Balaban J connectivity index is 1.97. The Bertz CT molecular complexity index is 975. The minimum atomic E-state index is 0.701. The average Bonchev–Trinajstić information content (AvgIpc) is 3.04. The summed E-state index contributed by atoms with van der Waals surface area (Å²) in [6.07, 6.45) is 1.73. The maximum atomic E-state index is 5.57. The van der Waals surface area contributed by atoms with Gasteiger partial charge < -0.3 is 14.5 Å². The van der Waals surface area contributed by atoms with E-state index in [9.17, 15) is 0 Å². The van der Waals surface area contributed by atoms with Gasteiger partial charge in [-0.2, -0.15) is 0 Å². The van der Waals surface area contributed by atoms with Gasteiger partial charge in [-0.25, -0.2) is 9.97 Å². The highest BCUT2D eigenvalue weighted by molar-refractivity contribution is 5.97. The molecule has 0 unspecified atom stereocenters. The molecule has 1 N–H and O–H groups in total. The minimum absolute atomic E-state index is 0.701. The van der Waals surface area contributed by atoms with Gasteiger partial charge in [0.25, 0.3) is 0 Å². The van der Waals surface area contributed by atoms with Crippen LogP contribution in [0.4, 0.5) is 0 Å². The van der Waals surface area contributed by atoms with Crippen molar-refractivity contribution < 1.29 is 9.47 Å². The van der Waals surface area contributed by atoms with Crippen LogP contribution < -0.4 is 9.47 Å². The normalized spacial score (nSPS) is 11.0. The summed E-state index contributed by atoms with van der Waals surface area (Å²) in [4.78, 5) is 12.1. The lowest BCUT2D eigenvalue weighted by Gasteiger charge is -2.11. The smallest absolute Gasteiger partial charge is 0.178 e. The largest absolute Gasteiger partial charge is 0.496 e. The molecular weight excluding hydrogens is 290 g/mol. The molecule has 0 spiro atoms. The molecule has 4 aromatic rings. The van der Waals surface area contributed by atoms with E-state index in [2.05, 4.69) is 21.0 Å². The van der Waals surface area contributed by atoms with Crippen LogP contribution in [0.1, 0.15) is 0 Å². The second kappa shape index (κ2) is 5.28. The SMILES string of the molecule is COc1cccc2cc(-c3nc4ncccc4[nH]3)cc(OC)c12. The maximum Gasteiger partial charge on any atom is 0.178 e. The van der Waals surface area contributed by atoms with Gasteiger partial charge in [0.05, 0.1) is 25.1 Å². The molecule has 0 saturated carbocycles. The van der Waals surface area contributed by atoms with E-state index in [0.717, 1.165) is 39.2 Å². The number of aromatic nitrogens is 3. The van der Waals surface area contributed by atoms with Crippen LogP contribution >= 0.6 is 0 Å². The van der Waals surface area contributed by atoms with Crippen molar-refractivity contribution >= 4 is 21.9 Å². The number of hydrogen-bond donors (Lipinski definition) is 1. The summed E-state index contributed by atoms with van der Waals surface area (Å²) < 4.78 is 11.0. The van der Waals surface area contributed by atoms with E-state index in [1.807, 2.05) is 36.4 Å². The Labute approximate surface area is 132 Å². The molecule has 5 heteroatoms. The second-order valence-corrected chi connectivity index (χ2v) is 5.20. The molecule has 0 aliphatic carbocycles. The molecule has 23 heavy (non-hydrogen) atoms. The molecular formula is C18H15N3O2. The number of methoxy groups -OCH3 is 2. The molecule has 0 radical (unpaired) electrons.